The molecule has 0 spiro atoms. The zero-order valence-electron chi connectivity index (χ0n) is 18.4. The monoisotopic (exact) mass is 468 g/mol. The van der Waals surface area contributed by atoms with Gasteiger partial charge in [-0.2, -0.15) is 0 Å². The van der Waals surface area contributed by atoms with Crippen LogP contribution < -0.4 is 24.2 Å². The van der Waals surface area contributed by atoms with Crippen molar-refractivity contribution in [3.05, 3.63) is 78.4 Å². The van der Waals surface area contributed by atoms with Crippen molar-refractivity contribution in [2.24, 2.45) is 0 Å². The van der Waals surface area contributed by atoms with E-state index in [4.69, 9.17) is 14.2 Å². The topological polar surface area (TPSA) is 103 Å². The van der Waals surface area contributed by atoms with Crippen molar-refractivity contribution in [3.63, 3.8) is 0 Å². The smallest absolute Gasteiger partial charge is 0.261 e. The van der Waals surface area contributed by atoms with E-state index in [1.165, 1.54) is 51.7 Å². The molecule has 9 heteroatoms. The minimum Gasteiger partial charge on any atom is -0.493 e. The summed E-state index contributed by atoms with van der Waals surface area (Å²) in [5.41, 5.74) is 1.59. The summed E-state index contributed by atoms with van der Waals surface area (Å²) in [6.45, 7) is 0. The average Bonchev–Trinajstić information content (AvgIpc) is 2.82. The fraction of sp³-hybridized carbons (Fsp3) is 0.125. The molecule has 0 radical (unpaired) electrons. The number of ether oxygens (including phenoxy) is 3. The maximum atomic E-state index is 12.5. The molecule has 0 fully saturated rings. The van der Waals surface area contributed by atoms with Gasteiger partial charge in [0.05, 0.1) is 26.2 Å². The van der Waals surface area contributed by atoms with Crippen LogP contribution in [0.25, 0.3) is 6.08 Å². The summed E-state index contributed by atoms with van der Waals surface area (Å²) in [7, 11) is 0.798. The van der Waals surface area contributed by atoms with Gasteiger partial charge in [-0.25, -0.2) is 8.42 Å². The molecule has 0 aliphatic carbocycles. The Kier molecular flexibility index (Phi) is 7.57. The van der Waals surface area contributed by atoms with Gasteiger partial charge >= 0.3 is 0 Å². The van der Waals surface area contributed by atoms with Crippen molar-refractivity contribution in [2.45, 2.75) is 4.90 Å². The first-order valence-corrected chi connectivity index (χ1v) is 11.3. The molecule has 3 aromatic rings. The normalized spacial score (nSPS) is 11.1. The standard InChI is InChI=1S/C24H24N2O6S/c1-30-21-15-17(16-22(31-2)24(21)32-3)9-14-23(27)25-18-10-12-20(13-11-18)33(28,29)26-19-7-5-4-6-8-19/h4-16,26H,1-3H3,(H,25,27)/b14-9+. The van der Waals surface area contributed by atoms with Crippen molar-refractivity contribution in [1.29, 1.82) is 0 Å². The van der Waals surface area contributed by atoms with Gasteiger partial charge in [-0.3, -0.25) is 9.52 Å². The molecule has 0 aliphatic rings. The summed E-state index contributed by atoms with van der Waals surface area (Å²) in [4.78, 5) is 12.4. The number of carbonyl (C=O) groups is 1. The Labute approximate surface area is 192 Å². The third-order valence-corrected chi connectivity index (χ3v) is 5.97. The molecule has 0 aliphatic heterocycles. The lowest BCUT2D eigenvalue weighted by Gasteiger charge is -2.12. The van der Waals surface area contributed by atoms with E-state index in [1.807, 2.05) is 0 Å². The fourth-order valence-electron chi connectivity index (χ4n) is 2.99. The minimum atomic E-state index is -3.73. The van der Waals surface area contributed by atoms with E-state index in [9.17, 15) is 13.2 Å². The second-order valence-electron chi connectivity index (χ2n) is 6.78. The second kappa shape index (κ2) is 10.6. The summed E-state index contributed by atoms with van der Waals surface area (Å²) in [5.74, 6) is 1.01. The molecule has 8 nitrogen and oxygen atoms in total. The van der Waals surface area contributed by atoms with E-state index in [1.54, 1.807) is 48.5 Å². The number of hydrogen-bond acceptors (Lipinski definition) is 6. The summed E-state index contributed by atoms with van der Waals surface area (Å²) in [5, 5.41) is 2.69. The maximum Gasteiger partial charge on any atom is 0.261 e. The molecule has 3 aromatic carbocycles. The van der Waals surface area contributed by atoms with E-state index >= 15 is 0 Å². The fourth-order valence-corrected chi connectivity index (χ4v) is 4.05. The zero-order chi connectivity index (χ0) is 23.8. The summed E-state index contributed by atoms with van der Waals surface area (Å²) in [6, 6.07) is 17.9. The Morgan fingerprint density at radius 2 is 1.42 bits per heavy atom. The van der Waals surface area contributed by atoms with E-state index < -0.39 is 10.0 Å². The molecule has 0 saturated heterocycles. The predicted molar refractivity (Wildman–Crippen MR) is 127 cm³/mol. The van der Waals surface area contributed by atoms with E-state index in [-0.39, 0.29) is 10.8 Å². The first kappa shape index (κ1) is 23.7. The highest BCUT2D eigenvalue weighted by molar-refractivity contribution is 7.92. The molecular weight excluding hydrogens is 444 g/mol. The molecular formula is C24H24N2O6S. The second-order valence-corrected chi connectivity index (χ2v) is 8.46. The number of anilines is 2. The first-order valence-electron chi connectivity index (χ1n) is 9.83. The van der Waals surface area contributed by atoms with Gasteiger partial charge in [0.1, 0.15) is 0 Å². The molecule has 0 aromatic heterocycles. The molecule has 0 unspecified atom stereocenters. The van der Waals surface area contributed by atoms with E-state index in [0.29, 0.717) is 34.2 Å². The van der Waals surface area contributed by atoms with Gasteiger partial charge in [-0.1, -0.05) is 18.2 Å². The lowest BCUT2D eigenvalue weighted by molar-refractivity contribution is -0.111. The number of carbonyl (C=O) groups excluding carboxylic acids is 1. The van der Waals surface area contributed by atoms with Gasteiger partial charge in [0.15, 0.2) is 11.5 Å². The molecule has 172 valence electrons. The number of benzene rings is 3. The molecule has 0 heterocycles. The number of rotatable bonds is 9. The van der Waals surface area contributed by atoms with Gasteiger partial charge in [0.25, 0.3) is 10.0 Å². The Hall–Kier alpha value is -3.98. The van der Waals surface area contributed by atoms with Crippen LogP contribution in [0.15, 0.2) is 77.7 Å². The first-order chi connectivity index (χ1) is 15.9. The van der Waals surface area contributed by atoms with E-state index in [2.05, 4.69) is 10.0 Å². The predicted octanol–water partition coefficient (Wildman–Crippen LogP) is 4.17. The van der Waals surface area contributed by atoms with Crippen LogP contribution in [0, 0.1) is 0 Å². The number of amides is 1. The molecule has 33 heavy (non-hydrogen) atoms. The van der Waals surface area contributed by atoms with Crippen LogP contribution in [-0.2, 0) is 14.8 Å². The van der Waals surface area contributed by atoms with Gasteiger partial charge < -0.3 is 19.5 Å². The van der Waals surface area contributed by atoms with Crippen molar-refractivity contribution in [2.75, 3.05) is 31.4 Å². The Morgan fingerprint density at radius 1 is 0.818 bits per heavy atom. The number of methoxy groups -OCH3 is 3. The van der Waals surface area contributed by atoms with Crippen molar-refractivity contribution in [1.82, 2.24) is 0 Å². The number of sulfonamides is 1. The van der Waals surface area contributed by atoms with Crippen molar-refractivity contribution < 1.29 is 27.4 Å². The highest BCUT2D eigenvalue weighted by atomic mass is 32.2. The SMILES string of the molecule is COc1cc(/C=C/C(=O)Nc2ccc(S(=O)(=O)Nc3ccccc3)cc2)cc(OC)c1OC. The lowest BCUT2D eigenvalue weighted by Crippen LogP contribution is -2.13. The highest BCUT2D eigenvalue weighted by Gasteiger charge is 2.14. The van der Waals surface area contributed by atoms with Crippen LogP contribution in [0.5, 0.6) is 17.2 Å². The van der Waals surface area contributed by atoms with Crippen molar-refractivity contribution in [3.8, 4) is 17.2 Å². The molecule has 0 bridgehead atoms. The summed E-state index contributed by atoms with van der Waals surface area (Å²) < 4.78 is 43.4. The van der Waals surface area contributed by atoms with Gasteiger partial charge in [0.2, 0.25) is 11.7 Å². The molecule has 0 saturated carbocycles. The van der Waals surface area contributed by atoms with Crippen LogP contribution in [0.2, 0.25) is 0 Å². The number of para-hydroxylation sites is 1. The third kappa shape index (κ3) is 6.05. The molecule has 3 rings (SSSR count). The average molecular weight is 469 g/mol. The quantitative estimate of drug-likeness (QED) is 0.457. The summed E-state index contributed by atoms with van der Waals surface area (Å²) in [6.07, 6.45) is 2.95. The number of hydrogen-bond donors (Lipinski definition) is 2. The van der Waals surface area contributed by atoms with Crippen LogP contribution in [-0.4, -0.2) is 35.7 Å². The lowest BCUT2D eigenvalue weighted by atomic mass is 10.1. The minimum absolute atomic E-state index is 0.0808. The zero-order valence-corrected chi connectivity index (χ0v) is 19.2. The Morgan fingerprint density at radius 3 is 1.97 bits per heavy atom. The third-order valence-electron chi connectivity index (χ3n) is 4.57. The molecule has 1 amide bonds. The Balaban J connectivity index is 1.68. The van der Waals surface area contributed by atoms with Gasteiger partial charge in [-0.15, -0.1) is 0 Å². The number of nitrogens with one attached hydrogen (secondary N) is 2. The van der Waals surface area contributed by atoms with E-state index in [0.717, 1.165) is 0 Å². The van der Waals surface area contributed by atoms with Crippen LogP contribution in [0.4, 0.5) is 11.4 Å². The van der Waals surface area contributed by atoms with Gasteiger partial charge in [-0.05, 0) is 60.2 Å². The largest absolute Gasteiger partial charge is 0.493 e. The summed E-state index contributed by atoms with van der Waals surface area (Å²) >= 11 is 0. The van der Waals surface area contributed by atoms with Crippen LogP contribution in [0.1, 0.15) is 5.56 Å². The van der Waals surface area contributed by atoms with Crippen molar-refractivity contribution >= 4 is 33.4 Å². The highest BCUT2D eigenvalue weighted by Crippen LogP contribution is 2.38. The Bertz CT molecular complexity index is 1210. The van der Waals surface area contributed by atoms with Crippen LogP contribution in [0.3, 0.4) is 0 Å². The molecule has 2 N–H and O–H groups in total. The van der Waals surface area contributed by atoms with Crippen LogP contribution >= 0.6 is 0 Å². The molecule has 0 atom stereocenters. The maximum absolute atomic E-state index is 12.5. The van der Waals surface area contributed by atoms with Gasteiger partial charge in [0, 0.05) is 17.5 Å².